The minimum atomic E-state index is -0.344. The van der Waals surface area contributed by atoms with Crippen LogP contribution in [0.2, 0.25) is 0 Å². The van der Waals surface area contributed by atoms with Crippen molar-refractivity contribution in [2.24, 2.45) is 0 Å². The van der Waals surface area contributed by atoms with Crippen LogP contribution in [-0.2, 0) is 4.79 Å². The highest BCUT2D eigenvalue weighted by molar-refractivity contribution is 6.44. The van der Waals surface area contributed by atoms with Gasteiger partial charge in [-0.25, -0.2) is 0 Å². The number of hydrogen-bond acceptors (Lipinski definition) is 2. The number of carbonyl (C=O) groups excluding carboxylic acids is 1. The number of halogens is 1. The van der Waals surface area contributed by atoms with Gasteiger partial charge in [0, 0.05) is 12.5 Å². The summed E-state index contributed by atoms with van der Waals surface area (Å²) in [5, 5.41) is 9.35. The Hall–Kier alpha value is -1.28. The summed E-state index contributed by atoms with van der Waals surface area (Å²) in [5.41, 5.74) is 0.544. The van der Waals surface area contributed by atoms with Gasteiger partial charge in [-0.05, 0) is 0 Å². The van der Waals surface area contributed by atoms with Crippen LogP contribution in [0.5, 0.6) is 0 Å². The van der Waals surface area contributed by atoms with E-state index in [0.717, 1.165) is 0 Å². The van der Waals surface area contributed by atoms with Gasteiger partial charge < -0.3 is 5.11 Å². The monoisotopic (exact) mass is 196 g/mol. The Kier molecular flexibility index (Phi) is 3.09. The zero-order valence-electron chi connectivity index (χ0n) is 7.12. The first kappa shape index (κ1) is 9.81. The van der Waals surface area contributed by atoms with Crippen LogP contribution in [0.15, 0.2) is 35.4 Å². The summed E-state index contributed by atoms with van der Waals surface area (Å²) in [6, 6.07) is 8.70. The topological polar surface area (TPSA) is 37.3 Å². The van der Waals surface area contributed by atoms with E-state index in [-0.39, 0.29) is 16.6 Å². The maximum absolute atomic E-state index is 10.8. The maximum atomic E-state index is 10.8. The molecule has 2 nitrogen and oxygen atoms in total. The van der Waals surface area contributed by atoms with Crippen molar-refractivity contribution >= 4 is 23.1 Å². The van der Waals surface area contributed by atoms with Crippen molar-refractivity contribution in [3.63, 3.8) is 0 Å². The van der Waals surface area contributed by atoms with Gasteiger partial charge >= 0.3 is 0 Å². The van der Waals surface area contributed by atoms with Crippen LogP contribution >= 0.6 is 11.6 Å². The summed E-state index contributed by atoms with van der Waals surface area (Å²) >= 11 is 5.58. The molecule has 0 bridgehead atoms. The summed E-state index contributed by atoms with van der Waals surface area (Å²) in [7, 11) is 0. The first-order valence-electron chi connectivity index (χ1n) is 3.78. The summed E-state index contributed by atoms with van der Waals surface area (Å²) in [6.07, 6.45) is 0. The predicted molar refractivity (Wildman–Crippen MR) is 52.5 cm³/mol. The van der Waals surface area contributed by atoms with Gasteiger partial charge in [-0.1, -0.05) is 41.9 Å². The van der Waals surface area contributed by atoms with Crippen LogP contribution in [0.1, 0.15) is 12.5 Å². The predicted octanol–water partition coefficient (Wildman–Crippen LogP) is 2.74. The molecule has 0 saturated carbocycles. The number of aliphatic hydroxyl groups is 1. The molecule has 0 heterocycles. The molecule has 0 fully saturated rings. The third-order valence-corrected chi connectivity index (χ3v) is 2.01. The molecule has 0 spiro atoms. The lowest BCUT2D eigenvalue weighted by atomic mass is 10.1. The molecule has 1 aromatic carbocycles. The van der Waals surface area contributed by atoms with E-state index in [4.69, 9.17) is 11.6 Å². The number of carbonyl (C=O) groups is 1. The van der Waals surface area contributed by atoms with Crippen LogP contribution in [0.3, 0.4) is 0 Å². The zero-order valence-corrected chi connectivity index (χ0v) is 7.88. The van der Waals surface area contributed by atoms with Gasteiger partial charge in [0.1, 0.15) is 10.8 Å². The number of Topliss-reactive ketones (excluding diaryl/α,β-unsaturated/α-hetero) is 1. The summed E-state index contributed by atoms with van der Waals surface area (Å²) in [4.78, 5) is 10.8. The molecule has 0 unspecified atom stereocenters. The lowest BCUT2D eigenvalue weighted by molar-refractivity contribution is -0.113. The fraction of sp³-hybridized carbons (Fsp3) is 0.100. The van der Waals surface area contributed by atoms with Crippen molar-refractivity contribution in [2.45, 2.75) is 6.92 Å². The van der Waals surface area contributed by atoms with E-state index in [1.165, 1.54) is 6.92 Å². The average Bonchev–Trinajstić information content (AvgIpc) is 2.17. The molecule has 1 aromatic rings. The number of hydrogen-bond donors (Lipinski definition) is 1. The molecule has 13 heavy (non-hydrogen) atoms. The van der Waals surface area contributed by atoms with E-state index in [9.17, 15) is 9.90 Å². The molecule has 68 valence electrons. The Morgan fingerprint density at radius 1 is 1.31 bits per heavy atom. The Bertz CT molecular complexity index is 341. The van der Waals surface area contributed by atoms with Gasteiger partial charge in [0.2, 0.25) is 0 Å². The molecule has 0 aromatic heterocycles. The van der Waals surface area contributed by atoms with Crippen LogP contribution in [0.25, 0.3) is 5.76 Å². The Balaban J connectivity index is 3.11. The van der Waals surface area contributed by atoms with Gasteiger partial charge in [0.25, 0.3) is 0 Å². The first-order valence-corrected chi connectivity index (χ1v) is 4.16. The molecule has 0 aliphatic rings. The van der Waals surface area contributed by atoms with Crippen LogP contribution in [0.4, 0.5) is 0 Å². The molecule has 3 heteroatoms. The second-order valence-electron chi connectivity index (χ2n) is 2.58. The van der Waals surface area contributed by atoms with Crippen molar-refractivity contribution in [3.05, 3.63) is 40.9 Å². The first-order chi connectivity index (χ1) is 6.13. The number of rotatable bonds is 2. The molecule has 1 N–H and O–H groups in total. The molecule has 1 rings (SSSR count). The summed E-state index contributed by atoms with van der Waals surface area (Å²) in [6.45, 7) is 1.31. The second kappa shape index (κ2) is 4.10. The molecular formula is C10H9ClO2. The lowest BCUT2D eigenvalue weighted by Crippen LogP contribution is -1.94. The van der Waals surface area contributed by atoms with Gasteiger partial charge in [-0.2, -0.15) is 0 Å². The lowest BCUT2D eigenvalue weighted by Gasteiger charge is -2.00. The molecule has 0 amide bonds. The van der Waals surface area contributed by atoms with Gasteiger partial charge in [0.15, 0.2) is 5.78 Å². The quantitative estimate of drug-likeness (QED) is 0.584. The third kappa shape index (κ3) is 2.33. The van der Waals surface area contributed by atoms with Crippen molar-refractivity contribution in [3.8, 4) is 0 Å². The van der Waals surface area contributed by atoms with E-state index in [1.54, 1.807) is 24.3 Å². The molecule has 0 radical (unpaired) electrons. The molecular weight excluding hydrogens is 188 g/mol. The number of allylic oxidation sites excluding steroid dienone is 1. The third-order valence-electron chi connectivity index (χ3n) is 1.56. The highest BCUT2D eigenvalue weighted by Crippen LogP contribution is 2.18. The Labute approximate surface area is 81.5 Å². The van der Waals surface area contributed by atoms with Crippen LogP contribution in [0, 0.1) is 0 Å². The number of ketones is 1. The van der Waals surface area contributed by atoms with Gasteiger partial charge in [0.05, 0.1) is 0 Å². The molecule has 0 saturated heterocycles. The second-order valence-corrected chi connectivity index (χ2v) is 2.96. The SMILES string of the molecule is CC(=O)C(Cl)=C(O)c1ccccc1. The highest BCUT2D eigenvalue weighted by Gasteiger charge is 2.08. The fourth-order valence-corrected chi connectivity index (χ4v) is 0.999. The van der Waals surface area contributed by atoms with E-state index in [1.807, 2.05) is 6.07 Å². The van der Waals surface area contributed by atoms with E-state index in [0.29, 0.717) is 5.56 Å². The molecule has 0 aliphatic carbocycles. The summed E-state index contributed by atoms with van der Waals surface area (Å²) < 4.78 is 0. The minimum absolute atomic E-state index is 0.133. The maximum Gasteiger partial charge on any atom is 0.174 e. The van der Waals surface area contributed by atoms with Crippen molar-refractivity contribution in [1.82, 2.24) is 0 Å². The number of benzene rings is 1. The Morgan fingerprint density at radius 3 is 2.31 bits per heavy atom. The Morgan fingerprint density at radius 2 is 1.85 bits per heavy atom. The largest absolute Gasteiger partial charge is 0.506 e. The normalized spacial score (nSPS) is 12.2. The van der Waals surface area contributed by atoms with Crippen molar-refractivity contribution in [2.75, 3.05) is 0 Å². The zero-order chi connectivity index (χ0) is 9.84. The van der Waals surface area contributed by atoms with Crippen molar-refractivity contribution in [1.29, 1.82) is 0 Å². The van der Waals surface area contributed by atoms with Gasteiger partial charge in [-0.15, -0.1) is 0 Å². The molecule has 0 aliphatic heterocycles. The van der Waals surface area contributed by atoms with E-state index < -0.39 is 0 Å². The fourth-order valence-electron chi connectivity index (χ4n) is 0.889. The minimum Gasteiger partial charge on any atom is -0.506 e. The summed E-state index contributed by atoms with van der Waals surface area (Å²) in [5.74, 6) is -0.516. The van der Waals surface area contributed by atoms with Crippen LogP contribution in [-0.4, -0.2) is 10.9 Å². The number of aliphatic hydroxyl groups excluding tert-OH is 1. The van der Waals surface area contributed by atoms with Crippen LogP contribution < -0.4 is 0 Å². The standard InChI is InChI=1S/C10H9ClO2/c1-7(12)9(11)10(13)8-5-3-2-4-6-8/h2-6,13H,1H3. The van der Waals surface area contributed by atoms with E-state index >= 15 is 0 Å². The smallest absolute Gasteiger partial charge is 0.174 e. The van der Waals surface area contributed by atoms with E-state index in [2.05, 4.69) is 0 Å². The van der Waals surface area contributed by atoms with Gasteiger partial charge in [-0.3, -0.25) is 4.79 Å². The molecule has 0 atom stereocenters. The average molecular weight is 197 g/mol. The van der Waals surface area contributed by atoms with Crippen molar-refractivity contribution < 1.29 is 9.90 Å². The highest BCUT2D eigenvalue weighted by atomic mass is 35.5.